The SMILES string of the molecule is C/C=C1\C(=O)O[C@H]2C[C@@H]1C(C(=O)OC)=CO2. The molecule has 2 aliphatic heterocycles. The number of hydrogen-bond donors (Lipinski definition) is 0. The second-order valence-corrected chi connectivity index (χ2v) is 3.57. The van der Waals surface area contributed by atoms with E-state index in [-0.39, 0.29) is 5.92 Å². The van der Waals surface area contributed by atoms with Crippen molar-refractivity contribution in [1.82, 2.24) is 0 Å². The summed E-state index contributed by atoms with van der Waals surface area (Å²) in [6.45, 7) is 1.74. The number of allylic oxidation sites excluding steroid dienone is 1. The molecule has 5 heteroatoms. The van der Waals surface area contributed by atoms with Gasteiger partial charge < -0.3 is 14.2 Å². The van der Waals surface area contributed by atoms with Crippen LogP contribution in [-0.2, 0) is 23.8 Å². The predicted octanol–water partition coefficient (Wildman–Crippen LogP) is 0.909. The Bertz CT molecular complexity index is 393. The molecule has 2 heterocycles. The maximum absolute atomic E-state index is 11.5. The number of methoxy groups -OCH3 is 1. The van der Waals surface area contributed by atoms with Gasteiger partial charge in [-0.25, -0.2) is 9.59 Å². The molecule has 0 unspecified atom stereocenters. The average molecular weight is 224 g/mol. The van der Waals surface area contributed by atoms with Gasteiger partial charge in [0, 0.05) is 17.9 Å². The van der Waals surface area contributed by atoms with Gasteiger partial charge in [-0.3, -0.25) is 0 Å². The van der Waals surface area contributed by atoms with Crippen molar-refractivity contribution in [2.45, 2.75) is 19.6 Å². The zero-order valence-electron chi connectivity index (χ0n) is 9.06. The molecule has 0 aromatic carbocycles. The Labute approximate surface area is 92.7 Å². The lowest BCUT2D eigenvalue weighted by molar-refractivity contribution is -0.177. The van der Waals surface area contributed by atoms with E-state index in [1.807, 2.05) is 0 Å². The number of carbonyl (C=O) groups excluding carboxylic acids is 2. The molecule has 5 nitrogen and oxygen atoms in total. The Balaban J connectivity index is 2.36. The van der Waals surface area contributed by atoms with E-state index in [4.69, 9.17) is 9.47 Å². The van der Waals surface area contributed by atoms with E-state index >= 15 is 0 Å². The van der Waals surface area contributed by atoms with Crippen molar-refractivity contribution in [2.75, 3.05) is 7.11 Å². The summed E-state index contributed by atoms with van der Waals surface area (Å²) in [4.78, 5) is 23.0. The molecule has 0 amide bonds. The van der Waals surface area contributed by atoms with Crippen LogP contribution in [-0.4, -0.2) is 25.3 Å². The Morgan fingerprint density at radius 2 is 2.38 bits per heavy atom. The molecule has 1 fully saturated rings. The maximum atomic E-state index is 11.5. The summed E-state index contributed by atoms with van der Waals surface area (Å²) in [6, 6.07) is 0. The van der Waals surface area contributed by atoms with Crippen LogP contribution in [0.3, 0.4) is 0 Å². The first-order valence-electron chi connectivity index (χ1n) is 4.98. The van der Waals surface area contributed by atoms with Crippen LogP contribution < -0.4 is 0 Å². The fourth-order valence-corrected chi connectivity index (χ4v) is 1.93. The zero-order chi connectivity index (χ0) is 11.7. The van der Waals surface area contributed by atoms with Gasteiger partial charge >= 0.3 is 11.9 Å². The van der Waals surface area contributed by atoms with E-state index in [1.54, 1.807) is 13.0 Å². The van der Waals surface area contributed by atoms with Crippen LogP contribution in [0.2, 0.25) is 0 Å². The first kappa shape index (κ1) is 10.7. The molecule has 2 rings (SSSR count). The molecule has 2 bridgehead atoms. The van der Waals surface area contributed by atoms with Crippen molar-refractivity contribution in [3.05, 3.63) is 23.5 Å². The van der Waals surface area contributed by atoms with Gasteiger partial charge in [0.2, 0.25) is 6.29 Å². The fourth-order valence-electron chi connectivity index (χ4n) is 1.93. The largest absolute Gasteiger partial charge is 0.466 e. The molecular weight excluding hydrogens is 212 g/mol. The number of rotatable bonds is 1. The fraction of sp³-hybridized carbons (Fsp3) is 0.455. The molecule has 0 aliphatic carbocycles. The third-order valence-corrected chi connectivity index (χ3v) is 2.73. The van der Waals surface area contributed by atoms with E-state index in [9.17, 15) is 9.59 Å². The zero-order valence-corrected chi connectivity index (χ0v) is 9.06. The van der Waals surface area contributed by atoms with Gasteiger partial charge in [-0.05, 0) is 6.92 Å². The Kier molecular flexibility index (Phi) is 2.68. The number of hydrogen-bond acceptors (Lipinski definition) is 5. The van der Waals surface area contributed by atoms with Gasteiger partial charge in [0.15, 0.2) is 0 Å². The van der Waals surface area contributed by atoms with Gasteiger partial charge in [-0.15, -0.1) is 0 Å². The lowest BCUT2D eigenvalue weighted by Gasteiger charge is -2.34. The van der Waals surface area contributed by atoms with Crippen LogP contribution in [0.1, 0.15) is 13.3 Å². The molecule has 2 atom stereocenters. The second kappa shape index (κ2) is 4.00. The van der Waals surface area contributed by atoms with Crippen molar-refractivity contribution in [3.8, 4) is 0 Å². The highest BCUT2D eigenvalue weighted by molar-refractivity contribution is 5.96. The van der Waals surface area contributed by atoms with E-state index in [0.717, 1.165) is 0 Å². The summed E-state index contributed by atoms with van der Waals surface area (Å²) in [7, 11) is 1.30. The van der Waals surface area contributed by atoms with Gasteiger partial charge in [0.05, 0.1) is 18.9 Å². The highest BCUT2D eigenvalue weighted by Crippen LogP contribution is 2.36. The number of esters is 2. The van der Waals surface area contributed by atoms with Crippen molar-refractivity contribution in [2.24, 2.45) is 5.92 Å². The molecule has 0 radical (unpaired) electrons. The van der Waals surface area contributed by atoms with Crippen molar-refractivity contribution in [1.29, 1.82) is 0 Å². The standard InChI is InChI=1S/C11H12O5/c1-3-6-7-4-9(16-11(6)13)15-5-8(7)10(12)14-2/h3,5,7,9H,4H2,1-2H3/b6-3-/t7-,9-/m0/s1. The van der Waals surface area contributed by atoms with Crippen molar-refractivity contribution in [3.63, 3.8) is 0 Å². The minimum atomic E-state index is -0.588. The van der Waals surface area contributed by atoms with Crippen LogP contribution in [0.15, 0.2) is 23.5 Å². The molecule has 1 saturated heterocycles. The highest BCUT2D eigenvalue weighted by Gasteiger charge is 2.41. The van der Waals surface area contributed by atoms with Crippen LogP contribution in [0.5, 0.6) is 0 Å². The lowest BCUT2D eigenvalue weighted by atomic mass is 9.85. The predicted molar refractivity (Wildman–Crippen MR) is 52.9 cm³/mol. The molecule has 0 spiro atoms. The quantitative estimate of drug-likeness (QED) is 0.489. The van der Waals surface area contributed by atoms with E-state index in [0.29, 0.717) is 17.6 Å². The smallest absolute Gasteiger partial charge is 0.337 e. The molecule has 16 heavy (non-hydrogen) atoms. The minimum absolute atomic E-state index is 0.280. The van der Waals surface area contributed by atoms with Gasteiger partial charge in [0.1, 0.15) is 0 Å². The second-order valence-electron chi connectivity index (χ2n) is 3.57. The minimum Gasteiger partial charge on any atom is -0.466 e. The Hall–Kier alpha value is -1.78. The number of fused-ring (bicyclic) bond motifs is 2. The number of carbonyl (C=O) groups is 2. The van der Waals surface area contributed by atoms with Crippen molar-refractivity contribution < 1.29 is 23.8 Å². The van der Waals surface area contributed by atoms with E-state index in [1.165, 1.54) is 13.4 Å². The third kappa shape index (κ3) is 1.58. The third-order valence-electron chi connectivity index (χ3n) is 2.73. The monoisotopic (exact) mass is 224 g/mol. The normalized spacial score (nSPS) is 30.2. The maximum Gasteiger partial charge on any atom is 0.337 e. The molecule has 2 aliphatic rings. The van der Waals surface area contributed by atoms with Gasteiger partial charge in [-0.2, -0.15) is 0 Å². The average Bonchev–Trinajstić information content (AvgIpc) is 2.28. The van der Waals surface area contributed by atoms with E-state index < -0.39 is 18.2 Å². The molecule has 0 aromatic heterocycles. The van der Waals surface area contributed by atoms with Gasteiger partial charge in [-0.1, -0.05) is 6.08 Å². The molecule has 0 saturated carbocycles. The molecule has 0 N–H and O–H groups in total. The summed E-state index contributed by atoms with van der Waals surface area (Å²) in [5.41, 5.74) is 0.847. The number of ether oxygens (including phenoxy) is 3. The Morgan fingerprint density at radius 1 is 1.62 bits per heavy atom. The summed E-state index contributed by atoms with van der Waals surface area (Å²) >= 11 is 0. The highest BCUT2D eigenvalue weighted by atomic mass is 16.7. The first-order valence-corrected chi connectivity index (χ1v) is 4.98. The first-order chi connectivity index (χ1) is 7.67. The van der Waals surface area contributed by atoms with Crippen molar-refractivity contribution >= 4 is 11.9 Å². The summed E-state index contributed by atoms with van der Waals surface area (Å²) in [6.07, 6.45) is 2.85. The molecule has 0 aromatic rings. The summed E-state index contributed by atoms with van der Waals surface area (Å²) in [5, 5.41) is 0. The van der Waals surface area contributed by atoms with Crippen LogP contribution >= 0.6 is 0 Å². The molecular formula is C11H12O5. The van der Waals surface area contributed by atoms with Crippen LogP contribution in [0.4, 0.5) is 0 Å². The van der Waals surface area contributed by atoms with Crippen LogP contribution in [0, 0.1) is 5.92 Å². The van der Waals surface area contributed by atoms with E-state index in [2.05, 4.69) is 4.74 Å². The topological polar surface area (TPSA) is 61.8 Å². The lowest BCUT2D eigenvalue weighted by Crippen LogP contribution is -2.38. The van der Waals surface area contributed by atoms with Crippen LogP contribution in [0.25, 0.3) is 0 Å². The Morgan fingerprint density at radius 3 is 3.00 bits per heavy atom. The summed E-state index contributed by atoms with van der Waals surface area (Å²) < 4.78 is 14.8. The summed E-state index contributed by atoms with van der Waals surface area (Å²) in [5.74, 6) is -1.19. The van der Waals surface area contributed by atoms with Gasteiger partial charge in [0.25, 0.3) is 0 Å². The molecule has 86 valence electrons.